The Morgan fingerprint density at radius 3 is 2.84 bits per heavy atom. The second-order valence-corrected chi connectivity index (χ2v) is 6.19. The summed E-state index contributed by atoms with van der Waals surface area (Å²) in [7, 11) is 0. The number of likely N-dealkylation sites (tertiary alicyclic amines) is 1. The van der Waals surface area contributed by atoms with Gasteiger partial charge < -0.3 is 10.4 Å². The van der Waals surface area contributed by atoms with E-state index in [4.69, 9.17) is 0 Å². The molecule has 0 aromatic heterocycles. The van der Waals surface area contributed by atoms with E-state index >= 15 is 0 Å². The van der Waals surface area contributed by atoms with Crippen LogP contribution in [0, 0.1) is 0 Å². The number of phenolic OH excluding ortho intramolecular Hbond substituents is 1. The third kappa shape index (κ3) is 2.93. The van der Waals surface area contributed by atoms with Crippen molar-refractivity contribution < 1.29 is 5.11 Å². The minimum absolute atomic E-state index is 0.295. The molecule has 2 aliphatic rings. The molecule has 3 heteroatoms. The molecule has 3 rings (SSSR count). The highest BCUT2D eigenvalue weighted by Crippen LogP contribution is 2.33. The number of aromatic hydroxyl groups is 1. The number of rotatable bonds is 4. The lowest BCUT2D eigenvalue weighted by Crippen LogP contribution is -2.35. The van der Waals surface area contributed by atoms with E-state index in [-0.39, 0.29) is 0 Å². The molecule has 0 amide bonds. The van der Waals surface area contributed by atoms with E-state index in [0.717, 1.165) is 11.6 Å². The molecule has 1 aromatic carbocycles. The van der Waals surface area contributed by atoms with E-state index in [9.17, 15) is 5.11 Å². The SMILES string of the molecule is CC(NC1CC(C)N(C2CC2)C1)c1cccc(O)c1. The molecule has 0 spiro atoms. The van der Waals surface area contributed by atoms with Crippen LogP contribution in [0.4, 0.5) is 0 Å². The standard InChI is InChI=1S/C16H24N2O/c1-11-8-14(10-18(11)15-6-7-15)17-12(2)13-4-3-5-16(19)9-13/h3-5,9,11-12,14-15,17,19H,6-8,10H2,1-2H3. The first kappa shape index (κ1) is 12.9. The van der Waals surface area contributed by atoms with Gasteiger partial charge in [-0.3, -0.25) is 4.90 Å². The van der Waals surface area contributed by atoms with Crippen molar-refractivity contribution in [2.45, 2.75) is 57.3 Å². The van der Waals surface area contributed by atoms with Gasteiger partial charge >= 0.3 is 0 Å². The molecule has 1 aliphatic heterocycles. The van der Waals surface area contributed by atoms with Crippen molar-refractivity contribution in [1.82, 2.24) is 10.2 Å². The topological polar surface area (TPSA) is 35.5 Å². The van der Waals surface area contributed by atoms with Gasteiger partial charge in [0, 0.05) is 30.7 Å². The van der Waals surface area contributed by atoms with Gasteiger partial charge in [-0.25, -0.2) is 0 Å². The molecule has 2 N–H and O–H groups in total. The number of nitrogens with one attached hydrogen (secondary N) is 1. The highest BCUT2D eigenvalue weighted by molar-refractivity contribution is 5.29. The monoisotopic (exact) mass is 260 g/mol. The van der Waals surface area contributed by atoms with E-state index in [1.807, 2.05) is 12.1 Å². The molecular formula is C16H24N2O. The van der Waals surface area contributed by atoms with E-state index in [1.54, 1.807) is 6.07 Å². The van der Waals surface area contributed by atoms with Gasteiger partial charge in [-0.1, -0.05) is 12.1 Å². The molecule has 3 atom stereocenters. The van der Waals surface area contributed by atoms with Gasteiger partial charge in [-0.15, -0.1) is 0 Å². The molecule has 1 saturated heterocycles. The molecule has 1 aromatic rings. The molecule has 0 bridgehead atoms. The second-order valence-electron chi connectivity index (χ2n) is 6.19. The van der Waals surface area contributed by atoms with Gasteiger partial charge in [0.1, 0.15) is 5.75 Å². The van der Waals surface area contributed by atoms with Crippen molar-refractivity contribution in [1.29, 1.82) is 0 Å². The van der Waals surface area contributed by atoms with Crippen molar-refractivity contribution in [2.24, 2.45) is 0 Å². The molecule has 1 heterocycles. The van der Waals surface area contributed by atoms with Crippen LogP contribution in [-0.4, -0.2) is 34.7 Å². The first-order chi connectivity index (χ1) is 9.13. The van der Waals surface area contributed by atoms with Gasteiger partial charge in [0.05, 0.1) is 0 Å². The fraction of sp³-hybridized carbons (Fsp3) is 0.625. The number of nitrogens with zero attached hydrogens (tertiary/aromatic N) is 1. The summed E-state index contributed by atoms with van der Waals surface area (Å²) < 4.78 is 0. The van der Waals surface area contributed by atoms with Crippen molar-refractivity contribution >= 4 is 0 Å². The van der Waals surface area contributed by atoms with Crippen LogP contribution >= 0.6 is 0 Å². The second kappa shape index (κ2) is 5.14. The lowest BCUT2D eigenvalue weighted by Gasteiger charge is -2.21. The minimum atomic E-state index is 0.295. The summed E-state index contributed by atoms with van der Waals surface area (Å²) >= 11 is 0. The Kier molecular flexibility index (Phi) is 3.50. The highest BCUT2D eigenvalue weighted by Gasteiger charge is 2.38. The van der Waals surface area contributed by atoms with Crippen LogP contribution in [-0.2, 0) is 0 Å². The molecular weight excluding hydrogens is 236 g/mol. The Balaban J connectivity index is 1.59. The highest BCUT2D eigenvalue weighted by atomic mass is 16.3. The van der Waals surface area contributed by atoms with E-state index in [1.165, 1.54) is 25.8 Å². The van der Waals surface area contributed by atoms with E-state index in [2.05, 4.69) is 30.1 Å². The zero-order valence-electron chi connectivity index (χ0n) is 11.8. The molecule has 104 valence electrons. The molecule has 3 nitrogen and oxygen atoms in total. The lowest BCUT2D eigenvalue weighted by atomic mass is 10.1. The third-order valence-corrected chi connectivity index (χ3v) is 4.49. The summed E-state index contributed by atoms with van der Waals surface area (Å²) in [6.07, 6.45) is 4.01. The van der Waals surface area contributed by atoms with Gasteiger partial charge in [-0.2, -0.15) is 0 Å². The third-order valence-electron chi connectivity index (χ3n) is 4.49. The first-order valence-electron chi connectivity index (χ1n) is 7.44. The van der Waals surface area contributed by atoms with Gasteiger partial charge in [0.25, 0.3) is 0 Å². The summed E-state index contributed by atoms with van der Waals surface area (Å²) in [6.45, 7) is 5.70. The Labute approximate surface area is 115 Å². The zero-order chi connectivity index (χ0) is 13.4. The maximum absolute atomic E-state index is 9.55. The Bertz CT molecular complexity index is 444. The quantitative estimate of drug-likeness (QED) is 0.873. The predicted octanol–water partition coefficient (Wildman–Crippen LogP) is 2.67. The van der Waals surface area contributed by atoms with Gasteiger partial charge in [0.2, 0.25) is 0 Å². The molecule has 0 radical (unpaired) electrons. The van der Waals surface area contributed by atoms with Crippen LogP contribution in [0.3, 0.4) is 0 Å². The van der Waals surface area contributed by atoms with Gasteiger partial charge in [-0.05, 0) is 50.8 Å². The molecule has 1 aliphatic carbocycles. The smallest absolute Gasteiger partial charge is 0.115 e. The van der Waals surface area contributed by atoms with E-state index < -0.39 is 0 Å². The van der Waals surface area contributed by atoms with Crippen LogP contribution in [0.15, 0.2) is 24.3 Å². The summed E-state index contributed by atoms with van der Waals surface area (Å²) in [4.78, 5) is 2.66. The van der Waals surface area contributed by atoms with Crippen molar-refractivity contribution in [3.8, 4) is 5.75 Å². The fourth-order valence-electron chi connectivity index (χ4n) is 3.34. The molecule has 1 saturated carbocycles. The molecule has 2 fully saturated rings. The van der Waals surface area contributed by atoms with E-state index in [0.29, 0.717) is 23.9 Å². The van der Waals surface area contributed by atoms with Crippen molar-refractivity contribution in [2.75, 3.05) is 6.54 Å². The maximum atomic E-state index is 9.55. The number of hydrogen-bond acceptors (Lipinski definition) is 3. The lowest BCUT2D eigenvalue weighted by molar-refractivity contribution is 0.254. The number of benzene rings is 1. The molecule has 3 unspecified atom stereocenters. The maximum Gasteiger partial charge on any atom is 0.115 e. The largest absolute Gasteiger partial charge is 0.508 e. The summed E-state index contributed by atoms with van der Waals surface area (Å²) in [5, 5.41) is 13.3. The number of hydrogen-bond donors (Lipinski definition) is 2. The van der Waals surface area contributed by atoms with Crippen molar-refractivity contribution in [3.63, 3.8) is 0 Å². The van der Waals surface area contributed by atoms with Crippen LogP contribution in [0.5, 0.6) is 5.75 Å². The molecule has 19 heavy (non-hydrogen) atoms. The summed E-state index contributed by atoms with van der Waals surface area (Å²) in [5.41, 5.74) is 1.16. The first-order valence-corrected chi connectivity index (χ1v) is 7.44. The number of phenols is 1. The summed E-state index contributed by atoms with van der Waals surface area (Å²) in [5.74, 6) is 0.352. The van der Waals surface area contributed by atoms with Crippen LogP contribution < -0.4 is 5.32 Å². The Hall–Kier alpha value is -1.06. The Morgan fingerprint density at radius 1 is 1.37 bits per heavy atom. The van der Waals surface area contributed by atoms with Crippen LogP contribution in [0.2, 0.25) is 0 Å². The normalized spacial score (nSPS) is 29.6. The van der Waals surface area contributed by atoms with Crippen molar-refractivity contribution in [3.05, 3.63) is 29.8 Å². The Morgan fingerprint density at radius 2 is 2.16 bits per heavy atom. The van der Waals surface area contributed by atoms with Gasteiger partial charge in [0.15, 0.2) is 0 Å². The summed E-state index contributed by atoms with van der Waals surface area (Å²) in [6, 6.07) is 10.0. The predicted molar refractivity (Wildman–Crippen MR) is 77.3 cm³/mol. The zero-order valence-corrected chi connectivity index (χ0v) is 11.8. The minimum Gasteiger partial charge on any atom is -0.508 e. The van der Waals surface area contributed by atoms with Crippen LogP contribution in [0.25, 0.3) is 0 Å². The van der Waals surface area contributed by atoms with Crippen LogP contribution in [0.1, 0.15) is 44.7 Å². The average molecular weight is 260 g/mol. The fourth-order valence-corrected chi connectivity index (χ4v) is 3.34. The average Bonchev–Trinajstić information content (AvgIpc) is 3.14.